The molecule has 0 radical (unpaired) electrons. The molecule has 0 N–H and O–H groups in total. The Bertz CT molecular complexity index is 2820. The summed E-state index contributed by atoms with van der Waals surface area (Å²) in [6.45, 7) is 12.1. The summed E-state index contributed by atoms with van der Waals surface area (Å²) < 4.78 is 17.6. The molecule has 0 aliphatic carbocycles. The maximum Gasteiger partial charge on any atom is 1.00 e. The minimum absolute atomic E-state index is 0. The minimum Gasteiger partial charge on any atom is -0.857 e. The predicted molar refractivity (Wildman–Crippen MR) is 263 cm³/mol. The third-order valence-corrected chi connectivity index (χ3v) is 12.1. The molecule has 2 aliphatic heterocycles. The van der Waals surface area contributed by atoms with Gasteiger partial charge in [0, 0.05) is 95.4 Å². The number of anilines is 2. The maximum atomic E-state index is 8.25. The van der Waals surface area contributed by atoms with Crippen molar-refractivity contribution in [2.45, 2.75) is 52.1 Å². The second kappa shape index (κ2) is 22.4. The van der Waals surface area contributed by atoms with Crippen LogP contribution in [-0.2, 0) is 9.47 Å². The summed E-state index contributed by atoms with van der Waals surface area (Å²) in [5.74, 6) is 0.828. The number of rotatable bonds is 7. The molecular weight excluding hydrogens is 855 g/mol. The van der Waals surface area contributed by atoms with Crippen molar-refractivity contribution in [3.8, 4) is 50.5 Å². The average molecular weight is 910 g/mol. The molecule has 12 heteroatoms. The van der Waals surface area contributed by atoms with Crippen LogP contribution < -0.4 is 49.2 Å². The molecule has 0 saturated carbocycles. The number of nitrogens with zero attached hydrogens (tertiary/aromatic N) is 6. The zero-order valence-corrected chi connectivity index (χ0v) is 41.4. The molecule has 2 saturated heterocycles. The smallest absolute Gasteiger partial charge is 0.857 e. The van der Waals surface area contributed by atoms with Crippen LogP contribution in [0.3, 0.4) is 0 Å². The van der Waals surface area contributed by atoms with E-state index >= 15 is 0 Å². The van der Waals surface area contributed by atoms with Crippen molar-refractivity contribution in [2.24, 2.45) is 0 Å². The van der Waals surface area contributed by atoms with Crippen LogP contribution in [0.15, 0.2) is 146 Å². The van der Waals surface area contributed by atoms with Gasteiger partial charge in [-0.25, -0.2) is 0 Å². The first-order chi connectivity index (χ1) is 31.7. The van der Waals surface area contributed by atoms with Gasteiger partial charge in [-0.05, 0) is 93.4 Å². The average Bonchev–Trinajstić information content (AvgIpc) is 3.34. The van der Waals surface area contributed by atoms with Crippen LogP contribution in [0.4, 0.5) is 11.4 Å². The van der Waals surface area contributed by atoms with E-state index in [-0.39, 0.29) is 54.0 Å². The van der Waals surface area contributed by atoms with Gasteiger partial charge >= 0.3 is 29.6 Å². The number of methoxy groups -OCH3 is 1. The Morgan fingerprint density at radius 2 is 0.939 bits per heavy atom. The summed E-state index contributed by atoms with van der Waals surface area (Å²) in [7, 11) is 2.47. The summed E-state index contributed by atoms with van der Waals surface area (Å²) in [5.41, 5.74) is 12.0. The van der Waals surface area contributed by atoms with Crippen molar-refractivity contribution in [2.75, 3.05) is 50.2 Å². The second-order valence-electron chi connectivity index (χ2n) is 16.4. The number of para-hydroxylation sites is 2. The van der Waals surface area contributed by atoms with E-state index < -0.39 is 0 Å². The fourth-order valence-electron chi connectivity index (χ4n) is 8.95. The van der Waals surface area contributed by atoms with Crippen LogP contribution in [0.2, 0.25) is 5.02 Å². The summed E-state index contributed by atoms with van der Waals surface area (Å²) in [6, 6.07) is 41.2. The molecule has 66 heavy (non-hydrogen) atoms. The molecule has 0 spiro atoms. The van der Waals surface area contributed by atoms with Gasteiger partial charge in [-0.15, -0.1) is 0 Å². The van der Waals surface area contributed by atoms with Gasteiger partial charge in [0.1, 0.15) is 5.75 Å². The van der Waals surface area contributed by atoms with Crippen molar-refractivity contribution >= 4 is 44.8 Å². The molecule has 2 aliphatic rings. The summed E-state index contributed by atoms with van der Waals surface area (Å²) in [4.78, 5) is 23.3. The zero-order chi connectivity index (χ0) is 45.5. The first-order valence-electron chi connectivity index (χ1n) is 22.0. The third kappa shape index (κ3) is 10.7. The Kier molecular flexibility index (Phi) is 16.4. The number of hydrogen-bond donors (Lipinski definition) is 0. The third-order valence-electron chi connectivity index (χ3n) is 11.7. The van der Waals surface area contributed by atoms with Crippen LogP contribution in [0.5, 0.6) is 5.75 Å². The van der Waals surface area contributed by atoms with E-state index in [0.29, 0.717) is 5.02 Å². The molecule has 4 aromatic carbocycles. The Balaban J connectivity index is 0.000000187. The second-order valence-corrected chi connectivity index (χ2v) is 16.8. The number of ether oxygens (including phenoxy) is 3. The fraction of sp³-hybridized carbons (Fsp3) is 0.259. The molecule has 332 valence electrons. The molecule has 8 aromatic rings. The Morgan fingerprint density at radius 3 is 1.38 bits per heavy atom. The molecule has 10 rings (SSSR count). The number of benzene rings is 4. The van der Waals surface area contributed by atoms with Gasteiger partial charge in [0.25, 0.3) is 0 Å². The molecule has 10 nitrogen and oxygen atoms in total. The van der Waals surface area contributed by atoms with Crippen molar-refractivity contribution < 1.29 is 48.9 Å². The van der Waals surface area contributed by atoms with Gasteiger partial charge in [-0.1, -0.05) is 78.3 Å². The SMILES string of the molecule is COc1c(-c2ccc(N3C[C@@H](C)O[C@@H](C)C3)cc2)cnc2c(-c3ccccn3)cccc12.C[C@@H]1CN(c2ccc(-c3cnc4c(-c5ccccn5)cccc4c3Cl)cc2)C[C@H](C)O1.C[O-].[Na+]. The van der Waals surface area contributed by atoms with Gasteiger partial charge in [-0.3, -0.25) is 19.9 Å². The number of hydrogen-bond acceptors (Lipinski definition) is 10. The van der Waals surface area contributed by atoms with Crippen molar-refractivity contribution in [3.05, 3.63) is 151 Å². The van der Waals surface area contributed by atoms with Gasteiger partial charge in [-0.2, -0.15) is 7.11 Å². The van der Waals surface area contributed by atoms with E-state index in [9.17, 15) is 0 Å². The summed E-state index contributed by atoms with van der Waals surface area (Å²) in [6.07, 6.45) is 8.30. The van der Waals surface area contributed by atoms with Crippen molar-refractivity contribution in [3.63, 3.8) is 0 Å². The van der Waals surface area contributed by atoms with E-state index in [1.807, 2.05) is 73.1 Å². The maximum absolute atomic E-state index is 8.25. The van der Waals surface area contributed by atoms with E-state index in [1.165, 1.54) is 11.4 Å². The van der Waals surface area contributed by atoms with Gasteiger partial charge in [0.2, 0.25) is 0 Å². The van der Waals surface area contributed by atoms with Crippen LogP contribution in [0.25, 0.3) is 66.6 Å². The fourth-order valence-corrected chi connectivity index (χ4v) is 9.27. The molecule has 0 bridgehead atoms. The zero-order valence-electron chi connectivity index (χ0n) is 38.7. The molecule has 0 amide bonds. The van der Waals surface area contributed by atoms with Crippen LogP contribution in [0.1, 0.15) is 27.7 Å². The van der Waals surface area contributed by atoms with Crippen LogP contribution in [0, 0.1) is 0 Å². The Hall–Kier alpha value is -5.43. The summed E-state index contributed by atoms with van der Waals surface area (Å²) in [5, 5.41) is 10.9. The molecular formula is C54H54ClN6NaO4. The molecule has 0 unspecified atom stereocenters. The van der Waals surface area contributed by atoms with Gasteiger partial charge in [0.05, 0.1) is 59.0 Å². The largest absolute Gasteiger partial charge is 1.00 e. The number of morpholine rings is 2. The summed E-state index contributed by atoms with van der Waals surface area (Å²) >= 11 is 6.87. The minimum atomic E-state index is 0. The van der Waals surface area contributed by atoms with E-state index in [0.717, 1.165) is 106 Å². The van der Waals surface area contributed by atoms with Gasteiger partial charge in [0.15, 0.2) is 0 Å². The van der Waals surface area contributed by atoms with E-state index in [4.69, 9.17) is 40.9 Å². The molecule has 4 aromatic heterocycles. The Labute approximate surface area is 414 Å². The Morgan fingerprint density at radius 1 is 0.515 bits per heavy atom. The van der Waals surface area contributed by atoms with E-state index in [2.05, 4.69) is 108 Å². The standard InChI is InChI=1S/C27H27N3O2.C26H24ClN3O.CH3O.Na/c1-18-16-30(17-19(2)32-18)21-12-10-20(11-13-21)24-15-29-26-22(25-9-4-5-14-28-25)7-6-8-23(26)27(24)31-3;1-17-15-30(16-18(2)31-17)20-11-9-19(10-12-20)23-14-29-26-21(24-8-3-4-13-28-24)6-5-7-22(26)25(23)27;1-2;/h4-15,18-19H,16-17H2,1-3H3;3-14,17-18H,15-16H2,1-2H3;1H3;/q;;-1;+1/t18-,19+;17-,18+;;. The molecule has 2 fully saturated rings. The van der Waals surface area contributed by atoms with Crippen LogP contribution in [-0.4, -0.2) is 84.8 Å². The van der Waals surface area contributed by atoms with Crippen LogP contribution >= 0.6 is 11.6 Å². The van der Waals surface area contributed by atoms with Crippen molar-refractivity contribution in [1.82, 2.24) is 19.9 Å². The van der Waals surface area contributed by atoms with Gasteiger partial charge < -0.3 is 29.1 Å². The first-order valence-corrected chi connectivity index (χ1v) is 22.4. The normalized spacial score (nSPS) is 18.1. The molecule has 6 heterocycles. The first kappa shape index (κ1) is 48.5. The number of pyridine rings is 4. The predicted octanol–water partition coefficient (Wildman–Crippen LogP) is 7.80. The van der Waals surface area contributed by atoms with E-state index in [1.54, 1.807) is 19.5 Å². The number of halogens is 1. The van der Waals surface area contributed by atoms with Crippen molar-refractivity contribution in [1.29, 1.82) is 0 Å². The molecule has 4 atom stereocenters. The topological polar surface area (TPSA) is 109 Å². The number of aromatic nitrogens is 4. The monoisotopic (exact) mass is 908 g/mol. The quantitative estimate of drug-likeness (QED) is 0.147. The number of fused-ring (bicyclic) bond motifs is 2.